The highest BCUT2D eigenvalue weighted by atomic mass is 16.3. The number of likely N-dealkylation sites (N-methyl/N-ethyl adjacent to an activating group) is 1. The fourth-order valence-corrected chi connectivity index (χ4v) is 5.41. The van der Waals surface area contributed by atoms with Crippen LogP contribution >= 0.6 is 0 Å². The molecular formula is C19H25N2O3+. The molecule has 1 amide bonds. The van der Waals surface area contributed by atoms with E-state index in [9.17, 15) is 15.0 Å². The molecule has 1 heterocycles. The number of piperidine rings is 1. The first-order valence-corrected chi connectivity index (χ1v) is 8.60. The van der Waals surface area contributed by atoms with Crippen molar-refractivity contribution in [1.82, 2.24) is 0 Å². The highest BCUT2D eigenvalue weighted by Crippen LogP contribution is 2.57. The number of phenols is 1. The van der Waals surface area contributed by atoms with Crippen molar-refractivity contribution in [2.75, 3.05) is 20.6 Å². The Morgan fingerprint density at radius 3 is 2.79 bits per heavy atom. The molecule has 0 radical (unpaired) electrons. The number of amides is 1. The standard InChI is InChI=1S/C19H24N2O3/c1-21(2)8-7-19-10-12(22)4-6-14(19)15(21)9-11-3-5-13(18(20)24)17(23)16(11)19/h3-6,12,14-15,22H,7-10H2,1-2H3,(H2-,20,23,24)/p+1. The van der Waals surface area contributed by atoms with E-state index in [0.29, 0.717) is 12.5 Å². The molecule has 2 bridgehead atoms. The number of nitrogens with two attached hydrogens (primary N) is 1. The number of fused-ring (bicyclic) bond motifs is 1. The number of carbonyl (C=O) groups excluding carboxylic acids is 1. The van der Waals surface area contributed by atoms with Gasteiger partial charge in [-0.25, -0.2) is 0 Å². The number of aliphatic hydroxyl groups is 1. The van der Waals surface area contributed by atoms with E-state index in [1.165, 1.54) is 0 Å². The molecule has 4 atom stereocenters. The molecule has 1 fully saturated rings. The molecule has 1 aliphatic heterocycles. The van der Waals surface area contributed by atoms with Gasteiger partial charge in [0.1, 0.15) is 5.75 Å². The van der Waals surface area contributed by atoms with Crippen molar-refractivity contribution in [1.29, 1.82) is 0 Å². The number of rotatable bonds is 1. The van der Waals surface area contributed by atoms with Crippen LogP contribution in [0.5, 0.6) is 5.75 Å². The Bertz CT molecular complexity index is 755. The molecule has 0 aromatic heterocycles. The number of benzene rings is 1. The lowest BCUT2D eigenvalue weighted by Gasteiger charge is -2.59. The van der Waals surface area contributed by atoms with Gasteiger partial charge in [-0.1, -0.05) is 18.2 Å². The van der Waals surface area contributed by atoms with Gasteiger partial charge in [0, 0.05) is 29.7 Å². The third-order valence-electron chi connectivity index (χ3n) is 6.66. The Balaban J connectivity index is 1.99. The normalized spacial score (nSPS) is 35.9. The van der Waals surface area contributed by atoms with E-state index in [0.717, 1.165) is 35.0 Å². The third kappa shape index (κ3) is 1.91. The van der Waals surface area contributed by atoms with Crippen LogP contribution in [0.4, 0.5) is 0 Å². The zero-order valence-corrected chi connectivity index (χ0v) is 14.2. The van der Waals surface area contributed by atoms with Crippen LogP contribution < -0.4 is 5.73 Å². The van der Waals surface area contributed by atoms with Gasteiger partial charge >= 0.3 is 0 Å². The predicted octanol–water partition coefficient (Wildman–Crippen LogP) is 1.07. The van der Waals surface area contributed by atoms with Crippen LogP contribution in [-0.4, -0.2) is 53.4 Å². The largest absolute Gasteiger partial charge is 0.507 e. The zero-order chi connectivity index (χ0) is 17.3. The summed E-state index contributed by atoms with van der Waals surface area (Å²) in [5, 5.41) is 21.2. The highest BCUT2D eigenvalue weighted by Gasteiger charge is 2.59. The average Bonchev–Trinajstić information content (AvgIpc) is 2.50. The zero-order valence-electron chi connectivity index (χ0n) is 14.2. The molecule has 3 aliphatic rings. The average molecular weight is 329 g/mol. The number of nitrogens with zero attached hydrogens (tertiary/aromatic N) is 1. The molecule has 2 aliphatic carbocycles. The van der Waals surface area contributed by atoms with E-state index in [1.807, 2.05) is 12.1 Å². The number of hydrogen-bond acceptors (Lipinski definition) is 3. The Morgan fingerprint density at radius 2 is 2.08 bits per heavy atom. The predicted molar refractivity (Wildman–Crippen MR) is 90.6 cm³/mol. The van der Waals surface area contributed by atoms with Crippen molar-refractivity contribution in [2.24, 2.45) is 11.7 Å². The van der Waals surface area contributed by atoms with Gasteiger partial charge in [-0.05, 0) is 18.1 Å². The highest BCUT2D eigenvalue weighted by molar-refractivity contribution is 5.96. The number of likely N-dealkylation sites (tertiary alicyclic amines) is 1. The monoisotopic (exact) mass is 329 g/mol. The lowest BCUT2D eigenvalue weighted by atomic mass is 9.53. The van der Waals surface area contributed by atoms with Crippen LogP contribution in [0.1, 0.15) is 34.3 Å². The number of hydrogen-bond donors (Lipinski definition) is 3. The number of aromatic hydroxyl groups is 1. The molecule has 1 aromatic carbocycles. The van der Waals surface area contributed by atoms with E-state index >= 15 is 0 Å². The van der Waals surface area contributed by atoms with E-state index in [2.05, 4.69) is 20.2 Å². The molecule has 5 nitrogen and oxygen atoms in total. The summed E-state index contributed by atoms with van der Waals surface area (Å²) < 4.78 is 0.935. The summed E-state index contributed by atoms with van der Waals surface area (Å²) in [4.78, 5) is 11.7. The molecule has 5 heteroatoms. The number of carbonyl (C=O) groups is 1. The second-order valence-electron chi connectivity index (χ2n) is 8.22. The lowest BCUT2D eigenvalue weighted by molar-refractivity contribution is -0.926. The van der Waals surface area contributed by atoms with E-state index in [-0.39, 0.29) is 22.6 Å². The molecule has 0 saturated carbocycles. The lowest BCUT2D eigenvalue weighted by Crippen LogP contribution is -2.67. The molecule has 0 spiro atoms. The molecule has 4 N–H and O–H groups in total. The van der Waals surface area contributed by atoms with Gasteiger partial charge in [0.25, 0.3) is 5.91 Å². The van der Waals surface area contributed by atoms with Crippen LogP contribution in [0.25, 0.3) is 0 Å². The Hall–Kier alpha value is -1.85. The molecule has 1 aromatic rings. The number of quaternary nitrogens is 1. The minimum atomic E-state index is -0.607. The Kier molecular flexibility index (Phi) is 3.15. The van der Waals surface area contributed by atoms with Gasteiger partial charge in [-0.2, -0.15) is 0 Å². The second kappa shape index (κ2) is 4.83. The van der Waals surface area contributed by atoms with Crippen molar-refractivity contribution in [3.63, 3.8) is 0 Å². The number of aliphatic hydroxyl groups excluding tert-OH is 1. The minimum absolute atomic E-state index is 0.0261. The maximum atomic E-state index is 11.7. The SMILES string of the molecule is C[N+]1(C)CCC23CC(O)C=CC2C1Cc1ccc(C(N)=O)c(O)c13. The summed E-state index contributed by atoms with van der Waals surface area (Å²) in [7, 11) is 4.52. The summed E-state index contributed by atoms with van der Waals surface area (Å²) in [6.45, 7) is 0.988. The summed E-state index contributed by atoms with van der Waals surface area (Å²) in [6.07, 6.45) is 5.84. The molecule has 128 valence electrons. The molecule has 24 heavy (non-hydrogen) atoms. The first-order valence-electron chi connectivity index (χ1n) is 8.60. The smallest absolute Gasteiger partial charge is 0.252 e. The topological polar surface area (TPSA) is 83.5 Å². The van der Waals surface area contributed by atoms with Gasteiger partial charge in [0.05, 0.1) is 38.3 Å². The molecule has 4 rings (SSSR count). The van der Waals surface area contributed by atoms with Gasteiger partial charge in [-0.15, -0.1) is 0 Å². The Morgan fingerprint density at radius 1 is 1.33 bits per heavy atom. The van der Waals surface area contributed by atoms with Gasteiger partial charge in [0.2, 0.25) is 0 Å². The quantitative estimate of drug-likeness (QED) is 0.532. The van der Waals surface area contributed by atoms with Crippen molar-refractivity contribution >= 4 is 5.91 Å². The maximum Gasteiger partial charge on any atom is 0.252 e. The summed E-state index contributed by atoms with van der Waals surface area (Å²) in [5.74, 6) is -0.325. The molecule has 1 saturated heterocycles. The van der Waals surface area contributed by atoms with Crippen molar-refractivity contribution in [3.05, 3.63) is 41.0 Å². The fourth-order valence-electron chi connectivity index (χ4n) is 5.41. The maximum absolute atomic E-state index is 11.7. The summed E-state index contributed by atoms with van der Waals surface area (Å²) in [5.41, 5.74) is 7.26. The van der Waals surface area contributed by atoms with Gasteiger partial charge in [-0.3, -0.25) is 4.79 Å². The van der Waals surface area contributed by atoms with Gasteiger partial charge < -0.3 is 20.4 Å². The second-order valence-corrected chi connectivity index (χ2v) is 8.22. The van der Waals surface area contributed by atoms with E-state index in [1.54, 1.807) is 6.07 Å². The summed E-state index contributed by atoms with van der Waals surface area (Å²) >= 11 is 0. The summed E-state index contributed by atoms with van der Waals surface area (Å²) in [6, 6.07) is 3.99. The van der Waals surface area contributed by atoms with Crippen LogP contribution in [0.15, 0.2) is 24.3 Å². The third-order valence-corrected chi connectivity index (χ3v) is 6.66. The first kappa shape index (κ1) is 15.7. The van der Waals surface area contributed by atoms with Crippen LogP contribution in [0, 0.1) is 5.92 Å². The fraction of sp³-hybridized carbons (Fsp3) is 0.526. The van der Waals surface area contributed by atoms with E-state index in [4.69, 9.17) is 5.73 Å². The number of primary amides is 1. The molecular weight excluding hydrogens is 304 g/mol. The van der Waals surface area contributed by atoms with Crippen LogP contribution in [0.3, 0.4) is 0 Å². The van der Waals surface area contributed by atoms with Crippen molar-refractivity contribution in [3.8, 4) is 5.75 Å². The Labute approximate surface area is 142 Å². The van der Waals surface area contributed by atoms with Crippen LogP contribution in [-0.2, 0) is 11.8 Å². The van der Waals surface area contributed by atoms with Crippen molar-refractivity contribution in [2.45, 2.75) is 36.8 Å². The van der Waals surface area contributed by atoms with Crippen LogP contribution in [0.2, 0.25) is 0 Å². The first-order chi connectivity index (χ1) is 11.3. The van der Waals surface area contributed by atoms with Crippen molar-refractivity contribution < 1.29 is 19.5 Å². The van der Waals surface area contributed by atoms with Gasteiger partial charge in [0.15, 0.2) is 0 Å². The minimum Gasteiger partial charge on any atom is -0.507 e. The molecule has 4 unspecified atom stereocenters. The van der Waals surface area contributed by atoms with E-state index < -0.39 is 12.0 Å².